The summed E-state index contributed by atoms with van der Waals surface area (Å²) in [6, 6.07) is 9.40. The lowest BCUT2D eigenvalue weighted by molar-refractivity contribution is -0.113. The molecule has 0 saturated carbocycles. The van der Waals surface area contributed by atoms with E-state index in [2.05, 4.69) is 11.4 Å². The van der Waals surface area contributed by atoms with Crippen LogP contribution in [-0.2, 0) is 23.4 Å². The molecular formula is C19H19N3O2S2. The highest BCUT2D eigenvalue weighted by Gasteiger charge is 2.24. The van der Waals surface area contributed by atoms with Gasteiger partial charge in [-0.05, 0) is 48.9 Å². The Hall–Kier alpha value is -2.30. The zero-order valence-corrected chi connectivity index (χ0v) is 15.8. The second kappa shape index (κ2) is 8.39. The van der Waals surface area contributed by atoms with Crippen LogP contribution in [0.2, 0.25) is 0 Å². The topological polar surface area (TPSA) is 96.0 Å². The zero-order chi connectivity index (χ0) is 18.5. The van der Waals surface area contributed by atoms with Gasteiger partial charge in [0, 0.05) is 10.6 Å². The van der Waals surface area contributed by atoms with Gasteiger partial charge in [0.1, 0.15) is 5.00 Å². The molecule has 0 unspecified atom stereocenters. The highest BCUT2D eigenvalue weighted by Crippen LogP contribution is 2.37. The Morgan fingerprint density at radius 1 is 1.23 bits per heavy atom. The number of fused-ring (bicyclic) bond motifs is 1. The average Bonchev–Trinajstić information content (AvgIpc) is 3.00. The Kier molecular flexibility index (Phi) is 5.96. The number of carbonyl (C=O) groups excluding carboxylic acids is 2. The number of nitrogens with two attached hydrogens (primary N) is 1. The lowest BCUT2D eigenvalue weighted by atomic mass is 9.95. The Labute approximate surface area is 160 Å². The number of hydrogen-bond acceptors (Lipinski definition) is 5. The molecule has 1 aromatic carbocycles. The van der Waals surface area contributed by atoms with E-state index >= 15 is 0 Å². The van der Waals surface area contributed by atoms with Crippen LogP contribution in [0.15, 0.2) is 24.3 Å². The van der Waals surface area contributed by atoms with E-state index in [0.717, 1.165) is 36.8 Å². The van der Waals surface area contributed by atoms with Gasteiger partial charge in [-0.3, -0.25) is 9.59 Å². The summed E-state index contributed by atoms with van der Waals surface area (Å²) in [6.45, 7) is 0. The molecular weight excluding hydrogens is 366 g/mol. The van der Waals surface area contributed by atoms with Gasteiger partial charge in [0.05, 0.1) is 22.9 Å². The van der Waals surface area contributed by atoms with Crippen LogP contribution in [0.25, 0.3) is 0 Å². The maximum Gasteiger partial charge on any atom is 0.251 e. The van der Waals surface area contributed by atoms with Crippen LogP contribution in [0.4, 0.5) is 5.00 Å². The van der Waals surface area contributed by atoms with Crippen molar-refractivity contribution in [2.45, 2.75) is 31.4 Å². The lowest BCUT2D eigenvalue weighted by Crippen LogP contribution is -2.19. The number of nitriles is 1. The number of aryl methyl sites for hydroxylation is 1. The van der Waals surface area contributed by atoms with E-state index in [9.17, 15) is 9.59 Å². The first-order valence-corrected chi connectivity index (χ1v) is 10.4. The van der Waals surface area contributed by atoms with Crippen LogP contribution in [-0.4, -0.2) is 17.6 Å². The van der Waals surface area contributed by atoms with Gasteiger partial charge in [-0.15, -0.1) is 23.1 Å². The van der Waals surface area contributed by atoms with Crippen molar-refractivity contribution in [2.24, 2.45) is 5.73 Å². The zero-order valence-electron chi connectivity index (χ0n) is 14.2. The van der Waals surface area contributed by atoms with Gasteiger partial charge in [0.15, 0.2) is 0 Å². The molecule has 0 saturated heterocycles. The second-order valence-electron chi connectivity index (χ2n) is 6.13. The van der Waals surface area contributed by atoms with Gasteiger partial charge in [0.2, 0.25) is 5.91 Å². The van der Waals surface area contributed by atoms with Gasteiger partial charge >= 0.3 is 0 Å². The molecule has 1 aliphatic rings. The van der Waals surface area contributed by atoms with Crippen LogP contribution < -0.4 is 11.1 Å². The molecule has 5 nitrogen and oxygen atoms in total. The van der Waals surface area contributed by atoms with Crippen LogP contribution in [0.1, 0.15) is 44.8 Å². The molecule has 3 rings (SSSR count). The van der Waals surface area contributed by atoms with Gasteiger partial charge in [0.25, 0.3) is 5.91 Å². The van der Waals surface area contributed by atoms with E-state index in [0.29, 0.717) is 27.6 Å². The monoisotopic (exact) mass is 385 g/mol. The number of amides is 2. The first-order chi connectivity index (χ1) is 12.6. The summed E-state index contributed by atoms with van der Waals surface area (Å²) in [6.07, 6.45) is 3.97. The summed E-state index contributed by atoms with van der Waals surface area (Å²) < 4.78 is 0. The largest absolute Gasteiger partial charge is 0.365 e. The minimum atomic E-state index is -0.468. The number of rotatable bonds is 6. The predicted molar refractivity (Wildman–Crippen MR) is 105 cm³/mol. The molecule has 7 heteroatoms. The summed E-state index contributed by atoms with van der Waals surface area (Å²) in [7, 11) is 0. The Morgan fingerprint density at radius 2 is 1.96 bits per heavy atom. The molecule has 134 valence electrons. The molecule has 26 heavy (non-hydrogen) atoms. The van der Waals surface area contributed by atoms with Gasteiger partial charge in [-0.25, -0.2) is 0 Å². The third kappa shape index (κ3) is 4.26. The Morgan fingerprint density at radius 3 is 2.65 bits per heavy atom. The minimum Gasteiger partial charge on any atom is -0.365 e. The lowest BCUT2D eigenvalue weighted by Gasteiger charge is -2.11. The molecule has 1 heterocycles. The van der Waals surface area contributed by atoms with Crippen molar-refractivity contribution >= 4 is 39.9 Å². The fraction of sp³-hybridized carbons (Fsp3) is 0.316. The number of primary amides is 1. The van der Waals surface area contributed by atoms with Gasteiger partial charge in [-0.2, -0.15) is 5.26 Å². The van der Waals surface area contributed by atoms with E-state index in [1.165, 1.54) is 28.0 Å². The van der Waals surface area contributed by atoms with Crippen LogP contribution in [0.3, 0.4) is 0 Å². The molecule has 2 amide bonds. The van der Waals surface area contributed by atoms with E-state index in [-0.39, 0.29) is 5.91 Å². The number of carbonyl (C=O) groups is 2. The molecule has 1 aromatic heterocycles. The molecule has 0 radical (unpaired) electrons. The fourth-order valence-electron chi connectivity index (χ4n) is 3.01. The molecule has 3 N–H and O–H groups in total. The van der Waals surface area contributed by atoms with Crippen molar-refractivity contribution in [3.05, 3.63) is 51.4 Å². The van der Waals surface area contributed by atoms with E-state index in [4.69, 9.17) is 11.0 Å². The normalized spacial score (nSPS) is 12.9. The number of thiophene rings is 1. The van der Waals surface area contributed by atoms with Crippen molar-refractivity contribution in [2.75, 3.05) is 11.1 Å². The van der Waals surface area contributed by atoms with Crippen molar-refractivity contribution in [3.63, 3.8) is 0 Å². The van der Waals surface area contributed by atoms with E-state index < -0.39 is 5.91 Å². The maximum absolute atomic E-state index is 12.3. The number of hydrogen-bond donors (Lipinski definition) is 2. The second-order valence-corrected chi connectivity index (χ2v) is 8.22. The first-order valence-electron chi connectivity index (χ1n) is 8.39. The third-order valence-electron chi connectivity index (χ3n) is 4.26. The smallest absolute Gasteiger partial charge is 0.251 e. The molecule has 0 bridgehead atoms. The van der Waals surface area contributed by atoms with Crippen molar-refractivity contribution < 1.29 is 9.59 Å². The minimum absolute atomic E-state index is 0.134. The summed E-state index contributed by atoms with van der Waals surface area (Å²) in [4.78, 5) is 25.3. The summed E-state index contributed by atoms with van der Waals surface area (Å²) in [5, 5.41) is 12.3. The van der Waals surface area contributed by atoms with E-state index in [1.807, 2.05) is 12.1 Å². The predicted octanol–water partition coefficient (Wildman–Crippen LogP) is 3.47. The standard InChI is InChI=1S/C19H19N3O2S2/c20-9-12-5-7-13(8-6-12)10-25-11-16(23)22-19-17(18(21)24)14-3-1-2-4-15(14)26-19/h5-8H,1-4,10-11H2,(H2,21,24)(H,22,23). The van der Waals surface area contributed by atoms with E-state index in [1.54, 1.807) is 12.1 Å². The molecule has 0 fully saturated rings. The van der Waals surface area contributed by atoms with Gasteiger partial charge in [-0.1, -0.05) is 12.1 Å². The molecule has 0 atom stereocenters. The van der Waals surface area contributed by atoms with Crippen LogP contribution in [0.5, 0.6) is 0 Å². The number of nitrogens with zero attached hydrogens (tertiary/aromatic N) is 1. The fourth-order valence-corrected chi connectivity index (χ4v) is 5.11. The number of thioether (sulfide) groups is 1. The number of benzene rings is 1. The molecule has 0 spiro atoms. The maximum atomic E-state index is 12.3. The highest BCUT2D eigenvalue weighted by molar-refractivity contribution is 7.99. The molecule has 1 aliphatic carbocycles. The third-order valence-corrected chi connectivity index (χ3v) is 6.47. The molecule has 0 aliphatic heterocycles. The van der Waals surface area contributed by atoms with Crippen LogP contribution in [0, 0.1) is 11.3 Å². The summed E-state index contributed by atoms with van der Waals surface area (Å²) in [5.74, 6) is 0.374. The SMILES string of the molecule is N#Cc1ccc(CSCC(=O)Nc2sc3c(c2C(N)=O)CCCC3)cc1. The first kappa shape index (κ1) is 18.5. The summed E-state index contributed by atoms with van der Waals surface area (Å²) in [5.41, 5.74) is 8.75. The van der Waals surface area contributed by atoms with Crippen molar-refractivity contribution in [3.8, 4) is 6.07 Å². The Bertz CT molecular complexity index is 866. The Balaban J connectivity index is 1.59. The molecule has 2 aromatic rings. The number of nitrogens with one attached hydrogen (secondary N) is 1. The van der Waals surface area contributed by atoms with Crippen LogP contribution >= 0.6 is 23.1 Å². The average molecular weight is 386 g/mol. The highest BCUT2D eigenvalue weighted by atomic mass is 32.2. The van der Waals surface area contributed by atoms with Gasteiger partial charge < -0.3 is 11.1 Å². The summed E-state index contributed by atoms with van der Waals surface area (Å²) >= 11 is 2.97. The van der Waals surface area contributed by atoms with Crippen molar-refractivity contribution in [1.29, 1.82) is 5.26 Å². The quantitative estimate of drug-likeness (QED) is 0.796. The van der Waals surface area contributed by atoms with Crippen molar-refractivity contribution in [1.82, 2.24) is 0 Å². The number of anilines is 1.